The minimum Gasteiger partial charge on any atom is -0.462 e. The average Bonchev–Trinajstić information content (AvgIpc) is 3.25. The Bertz CT molecular complexity index is 1200. The van der Waals surface area contributed by atoms with Crippen molar-refractivity contribution < 1.29 is 47.8 Å². The molecule has 61 heavy (non-hydrogen) atoms. The summed E-state index contributed by atoms with van der Waals surface area (Å²) in [5, 5.41) is 18.4. The molecule has 10 nitrogen and oxygen atoms in total. The van der Waals surface area contributed by atoms with Gasteiger partial charge in [0.05, 0.1) is 19.8 Å². The zero-order valence-electron chi connectivity index (χ0n) is 38.6. The number of carbonyl (C=O) groups is 2. The van der Waals surface area contributed by atoms with Crippen LogP contribution in [0.2, 0.25) is 0 Å². The highest BCUT2D eigenvalue weighted by atomic mass is 31.2. The van der Waals surface area contributed by atoms with E-state index in [1.807, 2.05) is 0 Å². The Morgan fingerprint density at radius 3 is 1.38 bits per heavy atom. The standard InChI is InChI=1S/C50H89O10P/c1-3-5-7-9-11-13-15-17-19-21-22-23-24-26-27-29-31-33-35-37-39-41-49(53)57-45-48(46-59-61(55,56)58-44-47(52)43-51)60-50(54)42-40-38-36-34-32-30-28-25-20-18-16-14-12-10-8-6-4-2/h8,10,14,16-17,19-20,25,30,32,47-48,51-52H,3-7,9,11-13,15,18,21-24,26-29,31,33-46H2,1-2H3,(H,55,56)/b10-8+,16-14+,19-17+,25-20+,32-30+/t47-,48+/m0/s1. The first-order valence-electron chi connectivity index (χ1n) is 24.2. The summed E-state index contributed by atoms with van der Waals surface area (Å²) in [5.74, 6) is -0.961. The first kappa shape index (κ1) is 58.7. The number of allylic oxidation sites excluding steroid dienone is 10. The Morgan fingerprint density at radius 1 is 0.492 bits per heavy atom. The second-order valence-electron chi connectivity index (χ2n) is 16.1. The summed E-state index contributed by atoms with van der Waals surface area (Å²) in [5.41, 5.74) is 0. The predicted molar refractivity (Wildman–Crippen MR) is 251 cm³/mol. The third kappa shape index (κ3) is 45.5. The highest BCUT2D eigenvalue weighted by Gasteiger charge is 2.27. The summed E-state index contributed by atoms with van der Waals surface area (Å²) < 4.78 is 32.8. The first-order chi connectivity index (χ1) is 29.7. The first-order valence-corrected chi connectivity index (χ1v) is 25.7. The fraction of sp³-hybridized carbons (Fsp3) is 0.760. The largest absolute Gasteiger partial charge is 0.472 e. The molecule has 0 aliphatic rings. The van der Waals surface area contributed by atoms with Gasteiger partial charge in [-0.15, -0.1) is 0 Å². The van der Waals surface area contributed by atoms with E-state index >= 15 is 0 Å². The molecule has 0 saturated heterocycles. The molecule has 0 heterocycles. The summed E-state index contributed by atoms with van der Waals surface area (Å²) in [7, 11) is -4.63. The number of phosphoric ester groups is 1. The van der Waals surface area contributed by atoms with Crippen LogP contribution in [0, 0.1) is 0 Å². The van der Waals surface area contributed by atoms with E-state index in [1.165, 1.54) is 103 Å². The lowest BCUT2D eigenvalue weighted by Crippen LogP contribution is -2.29. The lowest BCUT2D eigenvalue weighted by atomic mass is 10.0. The Labute approximate surface area is 372 Å². The molecule has 0 aliphatic heterocycles. The molecule has 0 aliphatic carbocycles. The van der Waals surface area contributed by atoms with Gasteiger partial charge in [0.1, 0.15) is 12.7 Å². The van der Waals surface area contributed by atoms with E-state index in [0.717, 1.165) is 64.2 Å². The Balaban J connectivity index is 4.25. The van der Waals surface area contributed by atoms with Crippen molar-refractivity contribution in [3.63, 3.8) is 0 Å². The molecule has 11 heteroatoms. The number of ether oxygens (including phenoxy) is 2. The maximum Gasteiger partial charge on any atom is 0.472 e. The number of rotatable bonds is 45. The monoisotopic (exact) mass is 881 g/mol. The van der Waals surface area contributed by atoms with E-state index in [2.05, 4.69) is 74.6 Å². The fourth-order valence-electron chi connectivity index (χ4n) is 6.39. The molecule has 0 radical (unpaired) electrons. The minimum atomic E-state index is -4.63. The van der Waals surface area contributed by atoms with Crippen LogP contribution in [0.3, 0.4) is 0 Å². The van der Waals surface area contributed by atoms with E-state index < -0.39 is 51.8 Å². The van der Waals surface area contributed by atoms with E-state index in [-0.39, 0.29) is 19.4 Å². The van der Waals surface area contributed by atoms with Gasteiger partial charge in [0.2, 0.25) is 0 Å². The van der Waals surface area contributed by atoms with Crippen LogP contribution < -0.4 is 0 Å². The number of hydrogen-bond donors (Lipinski definition) is 3. The van der Waals surface area contributed by atoms with Gasteiger partial charge in [-0.25, -0.2) is 4.57 Å². The summed E-state index contributed by atoms with van der Waals surface area (Å²) >= 11 is 0. The van der Waals surface area contributed by atoms with Crippen molar-refractivity contribution in [2.24, 2.45) is 0 Å². The SMILES string of the molecule is CCC/C=C/C/C=C/C/C=C/C/C=C/CCCCCC(=O)O[C@H](COC(=O)CCCCCCCCCCCCC/C=C/CCCCCCCC)COP(=O)(O)OC[C@@H](O)CO. The van der Waals surface area contributed by atoms with Crippen LogP contribution >= 0.6 is 7.82 Å². The van der Waals surface area contributed by atoms with E-state index in [9.17, 15) is 24.2 Å². The van der Waals surface area contributed by atoms with E-state index in [0.29, 0.717) is 12.8 Å². The smallest absolute Gasteiger partial charge is 0.462 e. The van der Waals surface area contributed by atoms with Crippen LogP contribution in [0.5, 0.6) is 0 Å². The van der Waals surface area contributed by atoms with Crippen LogP contribution in [0.1, 0.15) is 206 Å². The van der Waals surface area contributed by atoms with Crippen molar-refractivity contribution in [3.05, 3.63) is 60.8 Å². The molecule has 1 unspecified atom stereocenters. The quantitative estimate of drug-likeness (QED) is 0.0233. The molecule has 0 saturated carbocycles. The zero-order valence-corrected chi connectivity index (χ0v) is 39.5. The van der Waals surface area contributed by atoms with Gasteiger partial charge >= 0.3 is 19.8 Å². The molecule has 0 aromatic carbocycles. The van der Waals surface area contributed by atoms with Crippen LogP contribution in [-0.4, -0.2) is 65.7 Å². The molecule has 0 bridgehead atoms. The number of hydrogen-bond acceptors (Lipinski definition) is 9. The van der Waals surface area contributed by atoms with Gasteiger partial charge < -0.3 is 24.6 Å². The fourth-order valence-corrected chi connectivity index (χ4v) is 7.18. The summed E-state index contributed by atoms with van der Waals surface area (Å²) in [6.07, 6.45) is 51.9. The van der Waals surface area contributed by atoms with Crippen molar-refractivity contribution in [3.8, 4) is 0 Å². The Kier molecular flexibility index (Phi) is 43.9. The molecule has 0 amide bonds. The molecule has 0 fully saturated rings. The predicted octanol–water partition coefficient (Wildman–Crippen LogP) is 13.5. The molecular weight excluding hydrogens is 792 g/mol. The van der Waals surface area contributed by atoms with Crippen molar-refractivity contribution in [1.29, 1.82) is 0 Å². The van der Waals surface area contributed by atoms with Crippen molar-refractivity contribution in [2.45, 2.75) is 219 Å². The van der Waals surface area contributed by atoms with Gasteiger partial charge in [-0.1, -0.05) is 177 Å². The van der Waals surface area contributed by atoms with Gasteiger partial charge in [-0.05, 0) is 77.0 Å². The van der Waals surface area contributed by atoms with Crippen molar-refractivity contribution in [2.75, 3.05) is 26.4 Å². The molecule has 0 aromatic heterocycles. The van der Waals surface area contributed by atoms with Crippen molar-refractivity contribution >= 4 is 19.8 Å². The topological polar surface area (TPSA) is 149 Å². The summed E-state index contributed by atoms with van der Waals surface area (Å²) in [6, 6.07) is 0. The molecule has 0 spiro atoms. The lowest BCUT2D eigenvalue weighted by Gasteiger charge is -2.20. The van der Waals surface area contributed by atoms with Crippen LogP contribution in [0.25, 0.3) is 0 Å². The van der Waals surface area contributed by atoms with Gasteiger partial charge in [-0.3, -0.25) is 18.6 Å². The third-order valence-electron chi connectivity index (χ3n) is 10.1. The molecule has 0 rings (SSSR count). The molecule has 3 N–H and O–H groups in total. The van der Waals surface area contributed by atoms with Crippen molar-refractivity contribution in [1.82, 2.24) is 0 Å². The minimum absolute atomic E-state index is 0.145. The molecule has 3 atom stereocenters. The Hall–Kier alpha value is -2.33. The van der Waals surface area contributed by atoms with Crippen LogP contribution in [0.4, 0.5) is 0 Å². The van der Waals surface area contributed by atoms with Gasteiger partial charge in [0, 0.05) is 12.8 Å². The van der Waals surface area contributed by atoms with Gasteiger partial charge in [-0.2, -0.15) is 0 Å². The zero-order chi connectivity index (χ0) is 44.8. The molecule has 0 aromatic rings. The average molecular weight is 881 g/mol. The number of aliphatic hydroxyl groups excluding tert-OH is 2. The number of aliphatic hydroxyl groups is 2. The number of phosphoric acid groups is 1. The third-order valence-corrected chi connectivity index (χ3v) is 11.1. The maximum atomic E-state index is 12.6. The summed E-state index contributed by atoms with van der Waals surface area (Å²) in [4.78, 5) is 35.1. The van der Waals surface area contributed by atoms with E-state index in [4.69, 9.17) is 23.6 Å². The second-order valence-corrected chi connectivity index (χ2v) is 17.6. The normalized spacial score (nSPS) is 14.2. The highest BCUT2D eigenvalue weighted by Crippen LogP contribution is 2.43. The van der Waals surface area contributed by atoms with Gasteiger partial charge in [0.15, 0.2) is 6.10 Å². The summed E-state index contributed by atoms with van der Waals surface area (Å²) in [6.45, 7) is 2.28. The Morgan fingerprint density at radius 2 is 0.885 bits per heavy atom. The van der Waals surface area contributed by atoms with Crippen LogP contribution in [-0.2, 0) is 32.7 Å². The number of carbonyl (C=O) groups excluding carboxylic acids is 2. The molecule has 354 valence electrons. The number of unbranched alkanes of at least 4 members (excludes halogenated alkanes) is 21. The van der Waals surface area contributed by atoms with Crippen LogP contribution in [0.15, 0.2) is 60.8 Å². The lowest BCUT2D eigenvalue weighted by molar-refractivity contribution is -0.161. The highest BCUT2D eigenvalue weighted by molar-refractivity contribution is 7.47. The second kappa shape index (κ2) is 45.7. The number of esters is 2. The van der Waals surface area contributed by atoms with Gasteiger partial charge in [0.25, 0.3) is 0 Å². The maximum absolute atomic E-state index is 12.6. The van der Waals surface area contributed by atoms with E-state index in [1.54, 1.807) is 0 Å². The molecular formula is C50H89O10P.